The number of carbonyl (C=O) groups is 1. The fraction of sp³-hybridized carbons (Fsp3) is 0.286. The van der Waals surface area contributed by atoms with E-state index in [4.69, 9.17) is 14.5 Å². The Balaban J connectivity index is 1.37. The molecule has 3 aromatic rings. The van der Waals surface area contributed by atoms with Gasteiger partial charge in [0.25, 0.3) is 0 Å². The van der Waals surface area contributed by atoms with E-state index in [1.54, 1.807) is 7.11 Å². The summed E-state index contributed by atoms with van der Waals surface area (Å²) in [4.78, 5) is 22.4. The van der Waals surface area contributed by atoms with Crippen molar-refractivity contribution in [2.24, 2.45) is 4.99 Å². The molecular formula is C28H29N3O3. The summed E-state index contributed by atoms with van der Waals surface area (Å²) in [5.41, 5.74) is 3.94. The number of ether oxygens (including phenoxy) is 2. The third-order valence-electron chi connectivity index (χ3n) is 6.33. The van der Waals surface area contributed by atoms with Gasteiger partial charge < -0.3 is 19.3 Å². The molecule has 0 unspecified atom stereocenters. The van der Waals surface area contributed by atoms with Gasteiger partial charge in [0.1, 0.15) is 23.0 Å². The maximum Gasteiger partial charge on any atom is 0.227 e. The molecule has 6 nitrogen and oxygen atoms in total. The molecule has 0 aliphatic carbocycles. The van der Waals surface area contributed by atoms with Crippen LogP contribution in [0.5, 0.6) is 17.2 Å². The Morgan fingerprint density at radius 3 is 2.74 bits per heavy atom. The highest BCUT2D eigenvalue weighted by Crippen LogP contribution is 2.38. The van der Waals surface area contributed by atoms with Gasteiger partial charge in [0.15, 0.2) is 5.75 Å². The Morgan fingerprint density at radius 1 is 0.971 bits per heavy atom. The second kappa shape index (κ2) is 9.59. The first kappa shape index (κ1) is 22.0. The van der Waals surface area contributed by atoms with E-state index in [2.05, 4.69) is 24.0 Å². The van der Waals surface area contributed by atoms with Crippen molar-refractivity contribution in [1.29, 1.82) is 0 Å². The minimum absolute atomic E-state index is 0.142. The minimum atomic E-state index is 0.142. The van der Waals surface area contributed by atoms with Gasteiger partial charge >= 0.3 is 0 Å². The zero-order valence-corrected chi connectivity index (χ0v) is 19.7. The smallest absolute Gasteiger partial charge is 0.227 e. The molecule has 1 fully saturated rings. The van der Waals surface area contributed by atoms with E-state index in [1.165, 1.54) is 0 Å². The van der Waals surface area contributed by atoms with Crippen LogP contribution in [0.3, 0.4) is 0 Å². The van der Waals surface area contributed by atoms with Crippen molar-refractivity contribution in [3.05, 3.63) is 83.4 Å². The summed E-state index contributed by atoms with van der Waals surface area (Å²) in [6.45, 7) is 5.03. The molecule has 3 aromatic carbocycles. The second-order valence-corrected chi connectivity index (χ2v) is 8.75. The molecule has 0 spiro atoms. The van der Waals surface area contributed by atoms with Gasteiger partial charge in [-0.3, -0.25) is 4.79 Å². The Bertz CT molecular complexity index is 1240. The maximum absolute atomic E-state index is 13.1. The molecule has 0 bridgehead atoms. The molecule has 2 heterocycles. The van der Waals surface area contributed by atoms with Crippen LogP contribution in [0.4, 0.5) is 5.69 Å². The molecular weight excluding hydrogens is 426 g/mol. The second-order valence-electron chi connectivity index (χ2n) is 8.75. The fourth-order valence-corrected chi connectivity index (χ4v) is 4.52. The Kier molecular flexibility index (Phi) is 6.21. The number of benzene rings is 3. The number of amides is 1. The molecule has 34 heavy (non-hydrogen) atoms. The van der Waals surface area contributed by atoms with Crippen LogP contribution in [0, 0.1) is 6.92 Å². The number of aliphatic imine (C=N–C) groups is 1. The van der Waals surface area contributed by atoms with Crippen molar-refractivity contribution in [2.45, 2.75) is 19.8 Å². The van der Waals surface area contributed by atoms with Crippen molar-refractivity contribution in [3.63, 3.8) is 0 Å². The summed E-state index contributed by atoms with van der Waals surface area (Å²) in [7, 11) is 1.64. The largest absolute Gasteiger partial charge is 0.497 e. The van der Waals surface area contributed by atoms with Crippen LogP contribution in [0.2, 0.25) is 0 Å². The van der Waals surface area contributed by atoms with Gasteiger partial charge in [0.05, 0.1) is 19.1 Å². The lowest BCUT2D eigenvalue weighted by Gasteiger charge is -2.25. The highest BCUT2D eigenvalue weighted by atomic mass is 16.5. The molecule has 1 amide bonds. The van der Waals surface area contributed by atoms with Crippen LogP contribution in [-0.4, -0.2) is 54.8 Å². The molecule has 0 aromatic heterocycles. The summed E-state index contributed by atoms with van der Waals surface area (Å²) >= 11 is 0. The number of nitrogens with zero attached hydrogens (tertiary/aromatic N) is 3. The van der Waals surface area contributed by atoms with Gasteiger partial charge in [-0.2, -0.15) is 0 Å². The Hall–Kier alpha value is -3.80. The van der Waals surface area contributed by atoms with Crippen LogP contribution >= 0.6 is 0 Å². The van der Waals surface area contributed by atoms with E-state index >= 15 is 0 Å². The number of aryl methyl sites for hydroxylation is 1. The van der Waals surface area contributed by atoms with E-state index in [0.717, 1.165) is 71.5 Å². The van der Waals surface area contributed by atoms with E-state index < -0.39 is 0 Å². The molecule has 6 heteroatoms. The number of para-hydroxylation sites is 2. The number of carbonyl (C=O) groups excluding carboxylic acids is 1. The molecule has 174 valence electrons. The normalized spacial score (nSPS) is 15.3. The third-order valence-corrected chi connectivity index (χ3v) is 6.33. The molecule has 2 aliphatic rings. The number of hydrogen-bond acceptors (Lipinski definition) is 5. The predicted octanol–water partition coefficient (Wildman–Crippen LogP) is 4.96. The monoisotopic (exact) mass is 455 g/mol. The molecule has 0 saturated carbocycles. The average molecular weight is 456 g/mol. The molecule has 5 rings (SSSR count). The lowest BCUT2D eigenvalue weighted by molar-refractivity contribution is -0.130. The van der Waals surface area contributed by atoms with Gasteiger partial charge in [0, 0.05) is 26.2 Å². The van der Waals surface area contributed by atoms with Gasteiger partial charge in [-0.1, -0.05) is 35.9 Å². The van der Waals surface area contributed by atoms with Crippen molar-refractivity contribution in [1.82, 2.24) is 9.80 Å². The quantitative estimate of drug-likeness (QED) is 0.560. The standard InChI is InChI=1S/C28H29N3O3/c1-20-11-12-25-23(17-20)28(29-24-9-3-4-10-26(24)34-25)31-14-6-13-30(15-16-31)27(32)19-21-7-5-8-22(18-21)33-2/h3-5,7-12,17-18H,6,13-16,19H2,1-2H3. The van der Waals surface area contributed by atoms with Gasteiger partial charge in [-0.15, -0.1) is 0 Å². The molecule has 0 atom stereocenters. The van der Waals surface area contributed by atoms with Gasteiger partial charge in [0.2, 0.25) is 5.91 Å². The molecule has 1 saturated heterocycles. The van der Waals surface area contributed by atoms with Crippen molar-refractivity contribution in [3.8, 4) is 17.2 Å². The van der Waals surface area contributed by atoms with Crippen molar-refractivity contribution >= 4 is 17.4 Å². The lowest BCUT2D eigenvalue weighted by Crippen LogP contribution is -2.38. The number of rotatable bonds is 3. The molecule has 2 aliphatic heterocycles. The summed E-state index contributed by atoms with van der Waals surface area (Å²) < 4.78 is 11.5. The SMILES string of the molecule is COc1cccc(CC(=O)N2CCCN(C3=Nc4ccccc4Oc4ccc(C)cc43)CC2)c1. The predicted molar refractivity (Wildman–Crippen MR) is 133 cm³/mol. The van der Waals surface area contributed by atoms with Crippen LogP contribution in [0.25, 0.3) is 0 Å². The van der Waals surface area contributed by atoms with Crippen LogP contribution in [-0.2, 0) is 11.2 Å². The zero-order chi connectivity index (χ0) is 23.5. The van der Waals surface area contributed by atoms with E-state index in [1.807, 2.05) is 59.5 Å². The number of amidine groups is 1. The lowest BCUT2D eigenvalue weighted by atomic mass is 10.1. The van der Waals surface area contributed by atoms with Gasteiger partial charge in [-0.25, -0.2) is 4.99 Å². The summed E-state index contributed by atoms with van der Waals surface area (Å²) in [5, 5.41) is 0. The summed E-state index contributed by atoms with van der Waals surface area (Å²) in [5.74, 6) is 3.39. The highest BCUT2D eigenvalue weighted by molar-refractivity contribution is 6.04. The van der Waals surface area contributed by atoms with Crippen LogP contribution in [0.1, 0.15) is 23.1 Å². The molecule has 0 N–H and O–H groups in total. The third kappa shape index (κ3) is 4.62. The fourth-order valence-electron chi connectivity index (χ4n) is 4.52. The van der Waals surface area contributed by atoms with Crippen LogP contribution < -0.4 is 9.47 Å². The van der Waals surface area contributed by atoms with E-state index in [-0.39, 0.29) is 5.91 Å². The topological polar surface area (TPSA) is 54.4 Å². The van der Waals surface area contributed by atoms with E-state index in [0.29, 0.717) is 13.0 Å². The first-order valence-corrected chi connectivity index (χ1v) is 11.7. The highest BCUT2D eigenvalue weighted by Gasteiger charge is 2.26. The Labute approximate surface area is 200 Å². The zero-order valence-electron chi connectivity index (χ0n) is 19.7. The first-order chi connectivity index (χ1) is 16.6. The average Bonchev–Trinajstić information content (AvgIpc) is 3.19. The van der Waals surface area contributed by atoms with Crippen molar-refractivity contribution < 1.29 is 14.3 Å². The molecule has 0 radical (unpaired) electrons. The Morgan fingerprint density at radius 2 is 1.85 bits per heavy atom. The van der Waals surface area contributed by atoms with E-state index in [9.17, 15) is 4.79 Å². The number of methoxy groups -OCH3 is 1. The first-order valence-electron chi connectivity index (χ1n) is 11.7. The van der Waals surface area contributed by atoms with Gasteiger partial charge in [-0.05, 0) is 55.3 Å². The summed E-state index contributed by atoms with van der Waals surface area (Å²) in [6, 6.07) is 21.8. The maximum atomic E-state index is 13.1. The minimum Gasteiger partial charge on any atom is -0.497 e. The number of hydrogen-bond donors (Lipinski definition) is 0. The van der Waals surface area contributed by atoms with Crippen molar-refractivity contribution in [2.75, 3.05) is 33.3 Å². The van der Waals surface area contributed by atoms with Crippen LogP contribution in [0.15, 0.2) is 71.7 Å². The number of fused-ring (bicyclic) bond motifs is 2. The summed E-state index contributed by atoms with van der Waals surface area (Å²) in [6.07, 6.45) is 1.26.